The number of unbranched alkanes of at least 4 members (excludes halogenated alkanes) is 1. The highest BCUT2D eigenvalue weighted by molar-refractivity contribution is 6.31. The zero-order chi connectivity index (χ0) is 34.9. The Morgan fingerprint density at radius 1 is 1.15 bits per heavy atom. The van der Waals surface area contributed by atoms with E-state index in [1.54, 1.807) is 46.1 Å². The van der Waals surface area contributed by atoms with Crippen LogP contribution in [0.5, 0.6) is 11.6 Å². The van der Waals surface area contributed by atoms with Crippen molar-refractivity contribution in [3.63, 3.8) is 0 Å². The molecule has 2 aromatic rings. The van der Waals surface area contributed by atoms with E-state index in [-0.39, 0.29) is 29.9 Å². The van der Waals surface area contributed by atoms with Gasteiger partial charge >= 0.3 is 11.9 Å². The van der Waals surface area contributed by atoms with Gasteiger partial charge in [-0.25, -0.2) is 14.8 Å². The molecule has 1 aromatic heterocycles. The molecule has 10 nitrogen and oxygen atoms in total. The fraction of sp³-hybridized carbons (Fsp3) is 0.639. The number of hydrogen-bond acceptors (Lipinski definition) is 9. The van der Waals surface area contributed by atoms with E-state index in [1.165, 1.54) is 4.90 Å². The largest absolute Gasteiger partial charge is 0.497 e. The summed E-state index contributed by atoms with van der Waals surface area (Å²) < 4.78 is 23.4. The van der Waals surface area contributed by atoms with Crippen LogP contribution in [0.1, 0.15) is 87.5 Å². The van der Waals surface area contributed by atoms with Crippen molar-refractivity contribution in [1.82, 2.24) is 14.9 Å². The predicted octanol–water partition coefficient (Wildman–Crippen LogP) is 6.96. The minimum Gasteiger partial charge on any atom is -0.497 e. The van der Waals surface area contributed by atoms with Crippen molar-refractivity contribution in [2.24, 2.45) is 23.2 Å². The summed E-state index contributed by atoms with van der Waals surface area (Å²) in [6, 6.07) is 4.27. The normalized spacial score (nSPS) is 24.9. The van der Waals surface area contributed by atoms with Crippen LogP contribution < -0.4 is 9.47 Å². The summed E-state index contributed by atoms with van der Waals surface area (Å²) in [5, 5.41) is 0.0557. The lowest BCUT2D eigenvalue weighted by Gasteiger charge is -2.35. The molecular formula is C36H50ClN3O7. The number of rotatable bonds is 12. The van der Waals surface area contributed by atoms with E-state index in [0.717, 1.165) is 25.7 Å². The first-order chi connectivity index (χ1) is 21.9. The lowest BCUT2D eigenvalue weighted by Crippen LogP contribution is -2.50. The first kappa shape index (κ1) is 36.4. The van der Waals surface area contributed by atoms with Crippen LogP contribution in [-0.2, 0) is 23.9 Å². The smallest absolute Gasteiger partial charge is 0.329 e. The van der Waals surface area contributed by atoms with Gasteiger partial charge in [0, 0.05) is 17.9 Å². The van der Waals surface area contributed by atoms with Crippen molar-refractivity contribution in [3.05, 3.63) is 36.0 Å². The molecule has 0 radical (unpaired) electrons. The minimum absolute atomic E-state index is 0.0557. The molecule has 1 aliphatic heterocycles. The number of fused-ring (bicyclic) bond motifs is 1. The molecule has 1 aliphatic carbocycles. The molecule has 0 bridgehead atoms. The lowest BCUT2D eigenvalue weighted by atomic mass is 9.77. The lowest BCUT2D eigenvalue weighted by molar-refractivity contribution is -0.167. The summed E-state index contributed by atoms with van der Waals surface area (Å²) >= 11 is 6.50. The number of esters is 2. The maximum atomic E-state index is 14.5. The van der Waals surface area contributed by atoms with Crippen LogP contribution in [0.25, 0.3) is 11.0 Å². The number of methoxy groups -OCH3 is 1. The molecule has 2 aliphatic rings. The number of benzene rings is 1. The van der Waals surface area contributed by atoms with Crippen LogP contribution in [0.2, 0.25) is 5.15 Å². The Bertz CT molecular complexity index is 1500. The summed E-state index contributed by atoms with van der Waals surface area (Å²) in [4.78, 5) is 52.0. The van der Waals surface area contributed by atoms with Gasteiger partial charge in [-0.2, -0.15) is 0 Å². The molecule has 4 rings (SSSR count). The highest BCUT2D eigenvalue weighted by Crippen LogP contribution is 2.50. The molecule has 2 unspecified atom stereocenters. The Balaban J connectivity index is 1.58. The van der Waals surface area contributed by atoms with Gasteiger partial charge in [0.25, 0.3) is 5.88 Å². The second kappa shape index (κ2) is 14.0. The number of aromatic nitrogens is 2. The molecular weight excluding hydrogens is 622 g/mol. The number of ether oxygens (including phenoxy) is 4. The van der Waals surface area contributed by atoms with Crippen LogP contribution in [-0.4, -0.2) is 69.7 Å². The number of hydrogen-bond donors (Lipinski definition) is 0. The van der Waals surface area contributed by atoms with Crippen LogP contribution in [0, 0.1) is 23.2 Å². The Kier molecular flexibility index (Phi) is 10.8. The van der Waals surface area contributed by atoms with Gasteiger partial charge in [-0.3, -0.25) is 9.59 Å². The highest BCUT2D eigenvalue weighted by atomic mass is 35.5. The number of carbonyl (C=O) groups is 3. The second-order valence-corrected chi connectivity index (χ2v) is 15.5. The summed E-state index contributed by atoms with van der Waals surface area (Å²) in [5.41, 5.74) is -0.838. The molecule has 47 heavy (non-hydrogen) atoms. The number of nitrogens with zero attached hydrogens (tertiary/aromatic N) is 3. The van der Waals surface area contributed by atoms with Crippen molar-refractivity contribution in [2.45, 2.75) is 111 Å². The van der Waals surface area contributed by atoms with Crippen molar-refractivity contribution in [2.75, 3.05) is 13.7 Å². The van der Waals surface area contributed by atoms with Gasteiger partial charge in [0.05, 0.1) is 37.0 Å². The molecule has 1 aromatic carbocycles. The monoisotopic (exact) mass is 671 g/mol. The molecule has 1 amide bonds. The number of halogens is 1. The molecule has 11 heteroatoms. The molecule has 1 saturated heterocycles. The molecule has 1 saturated carbocycles. The fourth-order valence-electron chi connectivity index (χ4n) is 6.28. The number of amides is 1. The van der Waals surface area contributed by atoms with E-state index in [0.29, 0.717) is 22.7 Å². The third-order valence-electron chi connectivity index (χ3n) is 9.17. The molecule has 2 fully saturated rings. The van der Waals surface area contributed by atoms with E-state index < -0.39 is 52.5 Å². The van der Waals surface area contributed by atoms with Gasteiger partial charge in [0.2, 0.25) is 5.91 Å². The minimum atomic E-state index is -0.963. The fourth-order valence-corrected chi connectivity index (χ4v) is 6.46. The average molecular weight is 672 g/mol. The first-order valence-electron chi connectivity index (χ1n) is 16.4. The first-order valence-corrected chi connectivity index (χ1v) is 16.8. The quantitative estimate of drug-likeness (QED) is 0.134. The van der Waals surface area contributed by atoms with Crippen LogP contribution in [0.4, 0.5) is 0 Å². The van der Waals surface area contributed by atoms with Crippen molar-refractivity contribution in [3.8, 4) is 11.6 Å². The van der Waals surface area contributed by atoms with E-state index in [4.69, 9.17) is 30.5 Å². The van der Waals surface area contributed by atoms with Gasteiger partial charge in [-0.05, 0) is 70.9 Å². The SMILES string of the molecule is C=CCCCC1CC1(C)OC(=O)C[C@H](C(=O)N1C[C@H](Oc2nc3cc(OC)ccc3nc2Cl)[C@@H](C)[C@H]1C(=O)OC(C)(C)C)C(C)(C)C. The Labute approximate surface area is 283 Å². The summed E-state index contributed by atoms with van der Waals surface area (Å²) in [6.07, 6.45) is 4.80. The Morgan fingerprint density at radius 3 is 2.47 bits per heavy atom. The van der Waals surface area contributed by atoms with Gasteiger partial charge in [-0.15, -0.1) is 6.58 Å². The van der Waals surface area contributed by atoms with Gasteiger partial charge in [-0.1, -0.05) is 45.4 Å². The van der Waals surface area contributed by atoms with E-state index in [2.05, 4.69) is 16.5 Å². The molecule has 0 N–H and O–H groups in total. The molecule has 0 spiro atoms. The van der Waals surface area contributed by atoms with E-state index >= 15 is 0 Å². The van der Waals surface area contributed by atoms with Gasteiger partial charge in [0.1, 0.15) is 29.1 Å². The molecule has 2 heterocycles. The zero-order valence-corrected chi connectivity index (χ0v) is 30.0. The van der Waals surface area contributed by atoms with Crippen molar-refractivity contribution < 1.29 is 33.3 Å². The number of allylic oxidation sites excluding steroid dienone is 1. The maximum Gasteiger partial charge on any atom is 0.329 e. The number of likely N-dealkylation sites (tertiary alicyclic amines) is 1. The van der Waals surface area contributed by atoms with Crippen LogP contribution in [0.3, 0.4) is 0 Å². The van der Waals surface area contributed by atoms with Crippen molar-refractivity contribution in [1.29, 1.82) is 0 Å². The third kappa shape index (κ3) is 8.75. The maximum absolute atomic E-state index is 14.5. The van der Waals surface area contributed by atoms with Crippen LogP contribution >= 0.6 is 11.6 Å². The summed E-state index contributed by atoms with van der Waals surface area (Å²) in [5.74, 6) is -1.59. The van der Waals surface area contributed by atoms with Crippen LogP contribution in [0.15, 0.2) is 30.9 Å². The average Bonchev–Trinajstić information content (AvgIpc) is 3.47. The molecule has 6 atom stereocenters. The third-order valence-corrected chi connectivity index (χ3v) is 9.41. The van der Waals surface area contributed by atoms with E-state index in [1.807, 2.05) is 40.7 Å². The summed E-state index contributed by atoms with van der Waals surface area (Å²) in [7, 11) is 1.56. The zero-order valence-electron chi connectivity index (χ0n) is 29.2. The highest BCUT2D eigenvalue weighted by Gasteiger charge is 2.54. The second-order valence-electron chi connectivity index (χ2n) is 15.2. The predicted molar refractivity (Wildman–Crippen MR) is 180 cm³/mol. The summed E-state index contributed by atoms with van der Waals surface area (Å²) in [6.45, 7) is 18.7. The Hall–Kier alpha value is -3.40. The topological polar surface area (TPSA) is 117 Å². The Morgan fingerprint density at radius 2 is 1.85 bits per heavy atom. The van der Waals surface area contributed by atoms with Gasteiger partial charge < -0.3 is 23.8 Å². The van der Waals surface area contributed by atoms with Gasteiger partial charge in [0.15, 0.2) is 5.15 Å². The van der Waals surface area contributed by atoms with E-state index in [9.17, 15) is 14.4 Å². The standard InChI is InChI=1S/C36H50ClN3O7/c1-11-12-13-14-22-19-36(22,9)46-28(41)18-24(34(3,4)5)32(42)40-20-27(21(2)29(40)33(43)47-35(6,7)8)45-31-30(37)38-25-16-15-23(44-10)17-26(25)39-31/h11,15-17,21-22,24,27,29H,1,12-14,18-20H2,2-10H3/t21-,22?,24-,27+,29+,36?/m1/s1. The van der Waals surface area contributed by atoms with Crippen molar-refractivity contribution >= 4 is 40.5 Å². The molecule has 258 valence electrons. The number of carbonyl (C=O) groups excluding carboxylic acids is 3.